The standard InChI is InChI=1S/C19H25NO2/c1-6-22-20-15(5)17-8-7-16(11-18(17)21)19-13(3)9-12(2)10-14(19)4/h8-10,16H,6-7,11H2,1-5H3/b20-15+. The Morgan fingerprint density at radius 3 is 2.45 bits per heavy atom. The molecule has 0 saturated heterocycles. The average Bonchev–Trinajstić information content (AvgIpc) is 2.43. The van der Waals surface area contributed by atoms with Gasteiger partial charge in [-0.15, -0.1) is 0 Å². The van der Waals surface area contributed by atoms with Crippen molar-refractivity contribution >= 4 is 11.5 Å². The van der Waals surface area contributed by atoms with Crippen molar-refractivity contribution in [3.05, 3.63) is 46.0 Å². The van der Waals surface area contributed by atoms with E-state index in [1.165, 1.54) is 22.3 Å². The summed E-state index contributed by atoms with van der Waals surface area (Å²) in [4.78, 5) is 17.5. The van der Waals surface area contributed by atoms with Crippen molar-refractivity contribution < 1.29 is 9.63 Å². The van der Waals surface area contributed by atoms with Gasteiger partial charge in [0.05, 0.1) is 5.71 Å². The molecule has 3 nitrogen and oxygen atoms in total. The lowest BCUT2D eigenvalue weighted by molar-refractivity contribution is -0.115. The van der Waals surface area contributed by atoms with Crippen LogP contribution in [0.1, 0.15) is 54.9 Å². The SMILES string of the molecule is CCO/N=C(\C)C1=CCC(c2c(C)cc(C)cc2C)CC1=O. The zero-order valence-corrected chi connectivity index (χ0v) is 14.2. The quantitative estimate of drug-likeness (QED) is 0.610. The van der Waals surface area contributed by atoms with Crippen molar-refractivity contribution in [2.75, 3.05) is 6.61 Å². The highest BCUT2D eigenvalue weighted by Gasteiger charge is 2.26. The highest BCUT2D eigenvalue weighted by Crippen LogP contribution is 2.35. The molecule has 1 atom stereocenters. The van der Waals surface area contributed by atoms with Crippen molar-refractivity contribution in [1.82, 2.24) is 0 Å². The molecule has 1 aromatic carbocycles. The van der Waals surface area contributed by atoms with Crippen molar-refractivity contribution in [2.45, 2.75) is 53.4 Å². The molecule has 0 aliphatic heterocycles. The van der Waals surface area contributed by atoms with E-state index in [1.807, 2.05) is 19.9 Å². The molecule has 22 heavy (non-hydrogen) atoms. The van der Waals surface area contributed by atoms with Crippen LogP contribution in [0.5, 0.6) is 0 Å². The summed E-state index contributed by atoms with van der Waals surface area (Å²) in [6.07, 6.45) is 3.45. The molecule has 118 valence electrons. The summed E-state index contributed by atoms with van der Waals surface area (Å²) in [6, 6.07) is 4.40. The molecule has 1 aromatic rings. The van der Waals surface area contributed by atoms with Crippen molar-refractivity contribution in [2.24, 2.45) is 5.16 Å². The van der Waals surface area contributed by atoms with Gasteiger partial charge >= 0.3 is 0 Å². The third kappa shape index (κ3) is 3.46. The summed E-state index contributed by atoms with van der Waals surface area (Å²) in [5, 5.41) is 3.99. The van der Waals surface area contributed by atoms with Crippen LogP contribution in [0.2, 0.25) is 0 Å². The number of Topliss-reactive ketones (excluding diaryl/α,β-unsaturated/α-hetero) is 1. The van der Waals surface area contributed by atoms with Crippen LogP contribution in [-0.4, -0.2) is 18.1 Å². The highest BCUT2D eigenvalue weighted by atomic mass is 16.6. The van der Waals surface area contributed by atoms with Gasteiger partial charge in [-0.25, -0.2) is 0 Å². The summed E-state index contributed by atoms with van der Waals surface area (Å²) in [6.45, 7) is 10.6. The number of allylic oxidation sites excluding steroid dienone is 2. The normalized spacial score (nSPS) is 19.1. The van der Waals surface area contributed by atoms with Gasteiger partial charge in [-0.3, -0.25) is 4.79 Å². The van der Waals surface area contributed by atoms with Gasteiger partial charge in [0, 0.05) is 12.0 Å². The lowest BCUT2D eigenvalue weighted by Gasteiger charge is -2.24. The zero-order chi connectivity index (χ0) is 16.3. The molecular formula is C19H25NO2. The number of hydrogen-bond donors (Lipinski definition) is 0. The van der Waals surface area contributed by atoms with Gasteiger partial charge in [-0.05, 0) is 63.6 Å². The molecule has 1 aliphatic carbocycles. The van der Waals surface area contributed by atoms with Crippen LogP contribution >= 0.6 is 0 Å². The average molecular weight is 299 g/mol. The maximum absolute atomic E-state index is 12.5. The van der Waals surface area contributed by atoms with Crippen molar-refractivity contribution in [1.29, 1.82) is 0 Å². The Morgan fingerprint density at radius 1 is 1.27 bits per heavy atom. The number of ketones is 1. The molecule has 0 aromatic heterocycles. The number of rotatable bonds is 4. The lowest BCUT2D eigenvalue weighted by atomic mass is 9.79. The zero-order valence-electron chi connectivity index (χ0n) is 14.2. The Bertz CT molecular complexity index is 618. The first kappa shape index (κ1) is 16.5. The summed E-state index contributed by atoms with van der Waals surface area (Å²) in [7, 11) is 0. The molecule has 1 aliphatic rings. The molecule has 2 rings (SSSR count). The minimum absolute atomic E-state index is 0.163. The molecule has 1 unspecified atom stereocenters. The molecule has 0 radical (unpaired) electrons. The molecule has 0 spiro atoms. The van der Waals surface area contributed by atoms with Crippen LogP contribution in [0.15, 0.2) is 28.9 Å². The van der Waals surface area contributed by atoms with E-state index in [-0.39, 0.29) is 11.7 Å². The third-order valence-corrected chi connectivity index (χ3v) is 4.21. The van der Waals surface area contributed by atoms with E-state index in [0.29, 0.717) is 24.3 Å². The van der Waals surface area contributed by atoms with E-state index in [1.54, 1.807) is 0 Å². The molecule has 0 heterocycles. The van der Waals surface area contributed by atoms with Crippen LogP contribution in [-0.2, 0) is 9.63 Å². The maximum atomic E-state index is 12.5. The van der Waals surface area contributed by atoms with E-state index in [9.17, 15) is 4.79 Å². The van der Waals surface area contributed by atoms with Crippen LogP contribution < -0.4 is 0 Å². The number of carbonyl (C=O) groups excluding carboxylic acids is 1. The molecular weight excluding hydrogens is 274 g/mol. The molecule has 0 bridgehead atoms. The van der Waals surface area contributed by atoms with E-state index in [2.05, 4.69) is 38.1 Å². The van der Waals surface area contributed by atoms with E-state index < -0.39 is 0 Å². The molecule has 0 N–H and O–H groups in total. The predicted octanol–water partition coefficient (Wildman–Crippen LogP) is 4.40. The molecule has 0 saturated carbocycles. The Hall–Kier alpha value is -1.90. The van der Waals surface area contributed by atoms with Gasteiger partial charge in [-0.2, -0.15) is 0 Å². The first-order valence-electron chi connectivity index (χ1n) is 7.92. The summed E-state index contributed by atoms with van der Waals surface area (Å²) in [5.74, 6) is 0.438. The number of hydrogen-bond acceptors (Lipinski definition) is 3. The highest BCUT2D eigenvalue weighted by molar-refractivity contribution is 6.21. The van der Waals surface area contributed by atoms with Gasteiger partial charge in [0.15, 0.2) is 5.78 Å². The van der Waals surface area contributed by atoms with Gasteiger partial charge in [0.2, 0.25) is 0 Å². The topological polar surface area (TPSA) is 38.7 Å². The van der Waals surface area contributed by atoms with E-state index in [0.717, 1.165) is 6.42 Å². The minimum atomic E-state index is 0.163. The summed E-state index contributed by atoms with van der Waals surface area (Å²) in [5.41, 5.74) is 6.57. The first-order valence-corrected chi connectivity index (χ1v) is 7.92. The monoisotopic (exact) mass is 299 g/mol. The molecule has 0 amide bonds. The maximum Gasteiger partial charge on any atom is 0.165 e. The number of aryl methyl sites for hydroxylation is 3. The van der Waals surface area contributed by atoms with Crippen molar-refractivity contribution in [3.8, 4) is 0 Å². The molecule has 0 fully saturated rings. The fourth-order valence-corrected chi connectivity index (χ4v) is 3.41. The van der Waals surface area contributed by atoms with E-state index >= 15 is 0 Å². The van der Waals surface area contributed by atoms with Crippen LogP contribution in [0.25, 0.3) is 0 Å². The first-order chi connectivity index (χ1) is 10.4. The predicted molar refractivity (Wildman–Crippen MR) is 90.5 cm³/mol. The lowest BCUT2D eigenvalue weighted by Crippen LogP contribution is -2.20. The number of carbonyl (C=O) groups is 1. The van der Waals surface area contributed by atoms with Crippen LogP contribution in [0, 0.1) is 20.8 Å². The van der Waals surface area contributed by atoms with Crippen molar-refractivity contribution in [3.63, 3.8) is 0 Å². The van der Waals surface area contributed by atoms with Crippen LogP contribution in [0.4, 0.5) is 0 Å². The van der Waals surface area contributed by atoms with Gasteiger partial charge < -0.3 is 4.84 Å². The Kier molecular flexibility index (Phi) is 5.17. The largest absolute Gasteiger partial charge is 0.396 e. The summed E-state index contributed by atoms with van der Waals surface area (Å²) < 4.78 is 0. The fraction of sp³-hybridized carbons (Fsp3) is 0.474. The molecule has 3 heteroatoms. The Labute approximate surface area is 133 Å². The number of nitrogens with zero attached hydrogens (tertiary/aromatic N) is 1. The Morgan fingerprint density at radius 2 is 1.91 bits per heavy atom. The van der Waals surface area contributed by atoms with E-state index in [4.69, 9.17) is 4.84 Å². The number of oxime groups is 1. The second-order valence-electron chi connectivity index (χ2n) is 6.08. The minimum Gasteiger partial charge on any atom is -0.396 e. The van der Waals surface area contributed by atoms with Gasteiger partial charge in [0.1, 0.15) is 6.61 Å². The Balaban J connectivity index is 2.26. The van der Waals surface area contributed by atoms with Gasteiger partial charge in [0.25, 0.3) is 0 Å². The fourth-order valence-electron chi connectivity index (χ4n) is 3.41. The second-order valence-corrected chi connectivity index (χ2v) is 6.08. The van der Waals surface area contributed by atoms with Crippen LogP contribution in [0.3, 0.4) is 0 Å². The third-order valence-electron chi connectivity index (χ3n) is 4.21. The number of benzene rings is 1. The van der Waals surface area contributed by atoms with Gasteiger partial charge in [-0.1, -0.05) is 28.9 Å². The smallest absolute Gasteiger partial charge is 0.165 e. The second kappa shape index (κ2) is 6.91. The summed E-state index contributed by atoms with van der Waals surface area (Å²) >= 11 is 0.